The lowest BCUT2D eigenvalue weighted by atomic mass is 9.98. The fourth-order valence-electron chi connectivity index (χ4n) is 4.01. The normalized spacial score (nSPS) is 13.4. The van der Waals surface area contributed by atoms with Crippen LogP contribution in [0.2, 0.25) is 0 Å². The van der Waals surface area contributed by atoms with E-state index in [1.807, 2.05) is 66.7 Å². The van der Waals surface area contributed by atoms with Gasteiger partial charge in [0.15, 0.2) is 0 Å². The van der Waals surface area contributed by atoms with E-state index in [0.29, 0.717) is 0 Å². The Morgan fingerprint density at radius 2 is 1.45 bits per heavy atom. The molecule has 158 valence electrons. The summed E-state index contributed by atoms with van der Waals surface area (Å²) in [5.74, 6) is -1.18. The number of hydroxylamine groups is 2. The Bertz CT molecular complexity index is 1040. The number of carboxylic acid groups (broad SMARTS) is 1. The number of carboxylic acids is 1. The van der Waals surface area contributed by atoms with Gasteiger partial charge >= 0.3 is 12.1 Å². The number of aliphatic carboxylic acids is 1. The number of carbonyl (C=O) groups excluding carboxylic acids is 1. The van der Waals surface area contributed by atoms with E-state index < -0.39 is 18.2 Å². The minimum atomic E-state index is -1.09. The second-order valence-corrected chi connectivity index (χ2v) is 7.47. The van der Waals surface area contributed by atoms with Gasteiger partial charge in [0.2, 0.25) is 0 Å². The van der Waals surface area contributed by atoms with Crippen LogP contribution < -0.4 is 0 Å². The Morgan fingerprint density at radius 1 is 0.903 bits per heavy atom. The highest BCUT2D eigenvalue weighted by Crippen LogP contribution is 2.44. The van der Waals surface area contributed by atoms with E-state index >= 15 is 0 Å². The molecule has 0 bridgehead atoms. The molecule has 1 aliphatic rings. The molecule has 0 heterocycles. The van der Waals surface area contributed by atoms with Crippen molar-refractivity contribution in [1.29, 1.82) is 0 Å². The zero-order valence-electron chi connectivity index (χ0n) is 17.1. The topological polar surface area (TPSA) is 76.1 Å². The highest BCUT2D eigenvalue weighted by atomic mass is 16.8. The maximum atomic E-state index is 12.3. The molecule has 1 aliphatic carbocycles. The number of hydrogen-bond donors (Lipinski definition) is 1. The fraction of sp³-hybridized carbons (Fsp3) is 0.200. The molecule has 31 heavy (non-hydrogen) atoms. The summed E-state index contributed by atoms with van der Waals surface area (Å²) in [5, 5.41) is 10.6. The lowest BCUT2D eigenvalue weighted by Crippen LogP contribution is -2.41. The van der Waals surface area contributed by atoms with Crippen LogP contribution in [-0.2, 0) is 20.8 Å². The summed E-state index contributed by atoms with van der Waals surface area (Å²) in [7, 11) is 1.42. The van der Waals surface area contributed by atoms with Gasteiger partial charge in [-0.25, -0.2) is 4.79 Å². The third kappa shape index (κ3) is 4.44. The van der Waals surface area contributed by atoms with E-state index in [2.05, 4.69) is 12.1 Å². The van der Waals surface area contributed by atoms with Crippen LogP contribution in [0, 0.1) is 0 Å². The molecule has 0 spiro atoms. The third-order valence-electron chi connectivity index (χ3n) is 5.54. The van der Waals surface area contributed by atoms with Gasteiger partial charge in [-0.05, 0) is 27.8 Å². The van der Waals surface area contributed by atoms with E-state index in [-0.39, 0.29) is 18.9 Å². The van der Waals surface area contributed by atoms with Crippen molar-refractivity contribution in [3.8, 4) is 11.1 Å². The first-order valence-corrected chi connectivity index (χ1v) is 10.1. The monoisotopic (exact) mass is 417 g/mol. The molecule has 0 fully saturated rings. The standard InChI is InChI=1S/C25H23NO5/c1-26(23(24(27)28)15-17-9-3-2-4-10-17)31-25(29)30-16-22-20-13-7-5-11-18(20)19-12-6-8-14-21(19)22/h2-14,22-23H,15-16H2,1H3,(H,27,28)/t23-/m0/s1. The molecule has 0 saturated carbocycles. The lowest BCUT2D eigenvalue weighted by molar-refractivity contribution is -0.169. The van der Waals surface area contributed by atoms with Crippen LogP contribution in [0.1, 0.15) is 22.6 Å². The SMILES string of the molecule is CN(OC(=O)OCC1c2ccccc2-c2ccccc21)[C@@H](Cc1ccccc1)C(=O)O. The second-order valence-electron chi connectivity index (χ2n) is 7.47. The van der Waals surface area contributed by atoms with E-state index in [1.54, 1.807) is 0 Å². The average molecular weight is 417 g/mol. The summed E-state index contributed by atoms with van der Waals surface area (Å²) in [5.41, 5.74) is 5.28. The van der Waals surface area contributed by atoms with E-state index in [0.717, 1.165) is 32.9 Å². The molecule has 0 radical (unpaired) electrons. The van der Waals surface area contributed by atoms with Crippen LogP contribution in [0.3, 0.4) is 0 Å². The number of benzene rings is 3. The summed E-state index contributed by atoms with van der Waals surface area (Å²) in [6.45, 7) is 0.108. The summed E-state index contributed by atoms with van der Waals surface area (Å²) >= 11 is 0. The average Bonchev–Trinajstić information content (AvgIpc) is 3.10. The summed E-state index contributed by atoms with van der Waals surface area (Å²) in [6, 6.07) is 24.2. The summed E-state index contributed by atoms with van der Waals surface area (Å²) in [4.78, 5) is 29.2. The highest BCUT2D eigenvalue weighted by Gasteiger charge is 2.31. The van der Waals surface area contributed by atoms with Crippen LogP contribution in [0.5, 0.6) is 0 Å². The third-order valence-corrected chi connectivity index (χ3v) is 5.54. The van der Waals surface area contributed by atoms with Crippen LogP contribution in [0.15, 0.2) is 78.9 Å². The number of nitrogens with zero attached hydrogens (tertiary/aromatic N) is 1. The Labute approximate surface area is 180 Å². The van der Waals surface area contributed by atoms with E-state index in [9.17, 15) is 14.7 Å². The molecule has 4 rings (SSSR count). The summed E-state index contributed by atoms with van der Waals surface area (Å²) in [6.07, 6.45) is -0.729. The van der Waals surface area contributed by atoms with Crippen LogP contribution in [-0.4, -0.2) is 42.0 Å². The number of rotatable bonds is 7. The molecule has 0 aliphatic heterocycles. The van der Waals surface area contributed by atoms with Gasteiger partial charge in [0.25, 0.3) is 0 Å². The zero-order chi connectivity index (χ0) is 21.8. The Kier molecular flexibility index (Phi) is 6.00. The predicted octanol–water partition coefficient (Wildman–Crippen LogP) is 4.49. The van der Waals surface area contributed by atoms with Crippen LogP contribution in [0.4, 0.5) is 4.79 Å². The van der Waals surface area contributed by atoms with Crippen molar-refractivity contribution < 1.29 is 24.3 Å². The fourth-order valence-corrected chi connectivity index (χ4v) is 4.01. The second kappa shape index (κ2) is 9.02. The van der Waals surface area contributed by atoms with Crippen molar-refractivity contribution in [2.45, 2.75) is 18.4 Å². The summed E-state index contributed by atoms with van der Waals surface area (Å²) < 4.78 is 5.39. The number of likely N-dealkylation sites (N-methyl/N-ethyl adjacent to an activating group) is 1. The molecule has 1 N–H and O–H groups in total. The maximum absolute atomic E-state index is 12.3. The molecule has 0 aromatic heterocycles. The number of hydrogen-bond acceptors (Lipinski definition) is 5. The first-order chi connectivity index (χ1) is 15.0. The van der Waals surface area contributed by atoms with E-state index in [4.69, 9.17) is 9.57 Å². The minimum Gasteiger partial charge on any atom is -0.480 e. The molecule has 0 amide bonds. The van der Waals surface area contributed by atoms with Gasteiger partial charge in [-0.3, -0.25) is 4.79 Å². The van der Waals surface area contributed by atoms with Gasteiger partial charge in [0, 0.05) is 19.4 Å². The van der Waals surface area contributed by atoms with Crippen LogP contribution in [0.25, 0.3) is 11.1 Å². The first-order valence-electron chi connectivity index (χ1n) is 10.1. The van der Waals surface area contributed by atoms with Gasteiger partial charge in [-0.1, -0.05) is 78.9 Å². The molecule has 6 heteroatoms. The van der Waals surface area contributed by atoms with Crippen molar-refractivity contribution >= 4 is 12.1 Å². The van der Waals surface area contributed by atoms with Crippen molar-refractivity contribution in [1.82, 2.24) is 5.06 Å². The van der Waals surface area contributed by atoms with Crippen molar-refractivity contribution in [3.05, 3.63) is 95.6 Å². The Morgan fingerprint density at radius 3 is 2.03 bits per heavy atom. The Hall–Kier alpha value is -3.64. The predicted molar refractivity (Wildman–Crippen MR) is 115 cm³/mol. The molecule has 3 aromatic rings. The van der Waals surface area contributed by atoms with Crippen molar-refractivity contribution in [2.24, 2.45) is 0 Å². The van der Waals surface area contributed by atoms with Gasteiger partial charge < -0.3 is 14.7 Å². The minimum absolute atomic E-state index is 0.0927. The molecule has 1 atom stereocenters. The van der Waals surface area contributed by atoms with Gasteiger partial charge in [-0.2, -0.15) is 0 Å². The van der Waals surface area contributed by atoms with Crippen molar-refractivity contribution in [2.75, 3.05) is 13.7 Å². The smallest absolute Gasteiger partial charge is 0.480 e. The largest absolute Gasteiger partial charge is 0.527 e. The zero-order valence-corrected chi connectivity index (χ0v) is 17.1. The lowest BCUT2D eigenvalue weighted by Gasteiger charge is -2.23. The molecular formula is C25H23NO5. The van der Waals surface area contributed by atoms with Gasteiger partial charge in [0.1, 0.15) is 12.6 Å². The molecule has 6 nitrogen and oxygen atoms in total. The number of carbonyl (C=O) groups is 2. The first kappa shape index (κ1) is 20.6. The Balaban J connectivity index is 1.40. The maximum Gasteiger partial charge on any atom is 0.527 e. The highest BCUT2D eigenvalue weighted by molar-refractivity contribution is 5.79. The van der Waals surface area contributed by atoms with Crippen LogP contribution >= 0.6 is 0 Å². The molecule has 3 aromatic carbocycles. The quantitative estimate of drug-likeness (QED) is 0.451. The molecule has 0 saturated heterocycles. The van der Waals surface area contributed by atoms with Gasteiger partial charge in [0.05, 0.1) is 0 Å². The van der Waals surface area contributed by atoms with Gasteiger partial charge in [-0.15, -0.1) is 5.06 Å². The van der Waals surface area contributed by atoms with E-state index in [1.165, 1.54) is 7.05 Å². The molecule has 0 unspecified atom stereocenters. The van der Waals surface area contributed by atoms with Crippen molar-refractivity contribution in [3.63, 3.8) is 0 Å². The number of fused-ring (bicyclic) bond motifs is 3. The molecular weight excluding hydrogens is 394 g/mol. The number of ether oxygens (including phenoxy) is 1.